The van der Waals surface area contributed by atoms with Gasteiger partial charge < -0.3 is 49.8 Å². The number of nitrogens with one attached hydrogen (secondary N) is 3. The third-order valence-electron chi connectivity index (χ3n) is 20.0. The van der Waals surface area contributed by atoms with Crippen LogP contribution >= 0.6 is 0 Å². The molecule has 9 atom stereocenters. The number of carboxylic acid groups (broad SMARTS) is 1. The average Bonchev–Trinajstić information content (AvgIpc) is 0.781. The van der Waals surface area contributed by atoms with Gasteiger partial charge in [0, 0.05) is 19.8 Å². The first kappa shape index (κ1) is 95.5. The lowest BCUT2D eigenvalue weighted by Gasteiger charge is -2.46. The molecule has 1 saturated heterocycles. The zero-order chi connectivity index (χ0) is 73.2. The topological polar surface area (TPSA) is 255 Å². The second-order valence-corrected chi connectivity index (χ2v) is 30.6. The molecule has 1 rings (SSSR count). The molecule has 100 heavy (non-hydrogen) atoms. The number of ether oxygens (including phenoxy) is 5. The van der Waals surface area contributed by atoms with Gasteiger partial charge in [-0.1, -0.05) is 350 Å². The van der Waals surface area contributed by atoms with Crippen molar-refractivity contribution in [2.75, 3.05) is 33.0 Å². The molecule has 0 aromatic rings. The summed E-state index contributed by atoms with van der Waals surface area (Å²) in [5, 5.41) is 30.3. The summed E-state index contributed by atoms with van der Waals surface area (Å²) in [6, 6.07) is -4.69. The number of amides is 3. The van der Waals surface area contributed by atoms with Crippen molar-refractivity contribution in [1.82, 2.24) is 16.0 Å². The Morgan fingerprint density at radius 2 is 0.660 bits per heavy atom. The molecule has 3 amide bonds. The Labute approximate surface area is 612 Å². The first-order valence-corrected chi connectivity index (χ1v) is 43.5. The highest BCUT2D eigenvalue weighted by Crippen LogP contribution is 2.28. The number of hydrogen-bond acceptors (Lipinski definition) is 13. The maximum Gasteiger partial charge on any atom is 0.397 e. The van der Waals surface area contributed by atoms with E-state index in [1.54, 1.807) is 0 Å². The highest BCUT2D eigenvalue weighted by Gasteiger charge is 2.51. The van der Waals surface area contributed by atoms with Crippen molar-refractivity contribution < 1.29 is 70.2 Å². The molecule has 1 aliphatic heterocycles. The molecule has 6 N–H and O–H groups in total. The molecule has 0 aliphatic carbocycles. The molecular formula is C81H157N3O15S. The molecule has 0 radical (unpaired) electrons. The molecule has 19 heteroatoms. The van der Waals surface area contributed by atoms with Crippen LogP contribution in [0.1, 0.15) is 408 Å². The third-order valence-corrected chi connectivity index (χ3v) is 20.5. The molecule has 0 bridgehead atoms. The van der Waals surface area contributed by atoms with E-state index in [9.17, 15) is 42.4 Å². The summed E-state index contributed by atoms with van der Waals surface area (Å²) in [6.07, 6.45) is 52.4. The van der Waals surface area contributed by atoms with Crippen LogP contribution in [0.3, 0.4) is 0 Å². The number of carbonyl (C=O) groups is 4. The van der Waals surface area contributed by atoms with Gasteiger partial charge in [0.2, 0.25) is 17.7 Å². The van der Waals surface area contributed by atoms with E-state index < -0.39 is 102 Å². The minimum atomic E-state index is -5.31. The van der Waals surface area contributed by atoms with Crippen molar-refractivity contribution in [3.63, 3.8) is 0 Å². The number of unbranched alkanes of at least 4 members (excludes halogenated alkanes) is 45. The monoisotopic (exact) mass is 1440 g/mol. The van der Waals surface area contributed by atoms with Crippen LogP contribution in [0.25, 0.3) is 0 Å². The maximum atomic E-state index is 14.8. The van der Waals surface area contributed by atoms with Gasteiger partial charge in [-0.25, -0.2) is 8.98 Å². The predicted molar refractivity (Wildman–Crippen MR) is 408 cm³/mol. The standard InChI is InChI=1S/C81H157N3O15S/c1-7-13-19-25-31-37-40-46-52-58-69(94-61-55-49-43-34-28-22-16-10-4)64-74(86)82-72(80(89)90)68-97-81-78(84-76(88)66-71(60-54-48-42-39-33-27-21-15-9-3)96-63-57-51-45-36-30-24-18-12-6)77(79(73(67-85)98-81)99-100(91,92)93)83-75(87)65-70(59-53-47-41-38-32-26-20-14-8-2)95-62-56-50-44-35-29-23-17-11-5/h69-73,77-79,81,85H,7-68H2,1-6H3,(H,82,86)(H,83,87)(H,84,88)(H,89,90)(H,91,92,93)/t69-,70-,71-,72+,73?,77?,78?,79?,81?/m1/s1. The Bertz CT molecular complexity index is 1920. The summed E-state index contributed by atoms with van der Waals surface area (Å²) < 4.78 is 73.5. The Morgan fingerprint density at radius 3 is 0.940 bits per heavy atom. The molecule has 1 heterocycles. The molecule has 0 saturated carbocycles. The molecule has 592 valence electrons. The van der Waals surface area contributed by atoms with Crippen molar-refractivity contribution >= 4 is 34.1 Å². The van der Waals surface area contributed by atoms with Gasteiger partial charge in [-0.05, 0) is 38.5 Å². The van der Waals surface area contributed by atoms with E-state index in [1.807, 2.05) is 0 Å². The summed E-state index contributed by atoms with van der Waals surface area (Å²) in [6.45, 7) is 13.1. The summed E-state index contributed by atoms with van der Waals surface area (Å²) in [4.78, 5) is 56.9. The number of aliphatic hydroxyl groups excluding tert-OH is 1. The van der Waals surface area contributed by atoms with E-state index in [4.69, 9.17) is 27.9 Å². The van der Waals surface area contributed by atoms with Gasteiger partial charge in [-0.15, -0.1) is 0 Å². The van der Waals surface area contributed by atoms with Gasteiger partial charge in [0.15, 0.2) is 12.3 Å². The lowest BCUT2D eigenvalue weighted by atomic mass is 9.93. The lowest BCUT2D eigenvalue weighted by molar-refractivity contribution is -0.247. The Morgan fingerprint density at radius 1 is 0.390 bits per heavy atom. The van der Waals surface area contributed by atoms with Crippen LogP contribution in [0.5, 0.6) is 0 Å². The lowest BCUT2D eigenvalue weighted by Crippen LogP contribution is -2.70. The molecule has 1 fully saturated rings. The molecule has 0 aromatic carbocycles. The molecule has 5 unspecified atom stereocenters. The smallest absolute Gasteiger partial charge is 0.397 e. The quantitative estimate of drug-likeness (QED) is 0.0245. The Balaban J connectivity index is 3.73. The van der Waals surface area contributed by atoms with Crippen LogP contribution in [0.4, 0.5) is 0 Å². The van der Waals surface area contributed by atoms with E-state index >= 15 is 0 Å². The molecular weight excluding hydrogens is 1290 g/mol. The van der Waals surface area contributed by atoms with Crippen LogP contribution in [0.15, 0.2) is 0 Å². The zero-order valence-electron chi connectivity index (χ0n) is 65.2. The van der Waals surface area contributed by atoms with E-state index in [-0.39, 0.29) is 19.3 Å². The highest BCUT2D eigenvalue weighted by molar-refractivity contribution is 7.80. The Kier molecular flexibility index (Phi) is 65.3. The molecule has 18 nitrogen and oxygen atoms in total. The minimum Gasteiger partial charge on any atom is -0.480 e. The first-order chi connectivity index (χ1) is 48.7. The normalized spacial score (nSPS) is 17.7. The van der Waals surface area contributed by atoms with E-state index in [1.165, 1.54) is 180 Å². The first-order valence-electron chi connectivity index (χ1n) is 42.2. The third kappa shape index (κ3) is 55.9. The maximum absolute atomic E-state index is 14.8. The van der Waals surface area contributed by atoms with Gasteiger partial charge in [0.25, 0.3) is 0 Å². The fraction of sp³-hybridized carbons (Fsp3) is 0.951. The van der Waals surface area contributed by atoms with Crippen LogP contribution in [-0.2, 0) is 57.4 Å². The molecule has 0 aromatic heterocycles. The van der Waals surface area contributed by atoms with Crippen molar-refractivity contribution in [1.29, 1.82) is 0 Å². The van der Waals surface area contributed by atoms with Gasteiger partial charge in [-0.3, -0.25) is 18.9 Å². The summed E-state index contributed by atoms with van der Waals surface area (Å²) in [7, 11) is -5.31. The van der Waals surface area contributed by atoms with Gasteiger partial charge in [0.1, 0.15) is 18.2 Å². The number of hydrogen-bond donors (Lipinski definition) is 6. The fourth-order valence-electron chi connectivity index (χ4n) is 13.8. The number of carboxylic acids is 1. The van der Waals surface area contributed by atoms with Gasteiger partial charge in [-0.2, -0.15) is 8.42 Å². The number of rotatable bonds is 76. The summed E-state index contributed by atoms with van der Waals surface area (Å²) >= 11 is 0. The van der Waals surface area contributed by atoms with Crippen LogP contribution < -0.4 is 16.0 Å². The van der Waals surface area contributed by atoms with Crippen LogP contribution in [0.2, 0.25) is 0 Å². The SMILES string of the molecule is CCCCCCCCCCC[C@H](CC(=O)NC1C(OC[C@H](NC(=O)C[C@@H](CCCCCCCCCCC)OCCCCCCCCCC)C(=O)O)OC(CO)C(OS(=O)(=O)O)C1NC(=O)C[C@@H](CCCCCCCCCCC)OCCCCCCCCCC)OCCCCCCCCCC. The van der Waals surface area contributed by atoms with Gasteiger partial charge in [0.05, 0.1) is 56.8 Å². The minimum absolute atomic E-state index is 0.0734. The number of aliphatic hydroxyl groups is 1. The van der Waals surface area contributed by atoms with E-state index in [2.05, 4.69) is 57.5 Å². The second kappa shape index (κ2) is 68.3. The van der Waals surface area contributed by atoms with Crippen LogP contribution in [0, 0.1) is 0 Å². The average molecular weight is 1450 g/mol. The molecule has 0 spiro atoms. The summed E-state index contributed by atoms with van der Waals surface area (Å²) in [5.41, 5.74) is 0. The van der Waals surface area contributed by atoms with Crippen LogP contribution in [-0.4, -0.2) is 135 Å². The zero-order valence-corrected chi connectivity index (χ0v) is 66.0. The number of carbonyl (C=O) groups excluding carboxylic acids is 3. The summed E-state index contributed by atoms with van der Waals surface area (Å²) in [5.74, 6) is -3.07. The van der Waals surface area contributed by atoms with E-state index in [0.717, 1.165) is 148 Å². The highest BCUT2D eigenvalue weighted by atomic mass is 32.3. The second-order valence-electron chi connectivity index (χ2n) is 29.6. The van der Waals surface area contributed by atoms with Crippen molar-refractivity contribution in [2.45, 2.75) is 462 Å². The Hall–Kier alpha value is -2.49. The predicted octanol–water partition coefficient (Wildman–Crippen LogP) is 20.0. The number of aliphatic carboxylic acids is 1. The largest absolute Gasteiger partial charge is 0.480 e. The fourth-order valence-corrected chi connectivity index (χ4v) is 14.3. The van der Waals surface area contributed by atoms with Crippen molar-refractivity contribution in [2.24, 2.45) is 0 Å². The van der Waals surface area contributed by atoms with Gasteiger partial charge >= 0.3 is 16.4 Å². The van der Waals surface area contributed by atoms with E-state index in [0.29, 0.717) is 39.1 Å². The van der Waals surface area contributed by atoms with Crippen molar-refractivity contribution in [3.05, 3.63) is 0 Å². The van der Waals surface area contributed by atoms with Crippen molar-refractivity contribution in [3.8, 4) is 0 Å². The molecule has 1 aliphatic rings.